The highest BCUT2D eigenvalue weighted by atomic mass is 16.2. The van der Waals surface area contributed by atoms with Crippen LogP contribution in [-0.4, -0.2) is 29.5 Å². The van der Waals surface area contributed by atoms with Gasteiger partial charge in [-0.2, -0.15) is 0 Å². The maximum absolute atomic E-state index is 12.7. The highest BCUT2D eigenvalue weighted by Gasteiger charge is 2.30. The van der Waals surface area contributed by atoms with Gasteiger partial charge >= 0.3 is 0 Å². The third kappa shape index (κ3) is 3.52. The standard InChI is InChI=1S/C21H28N4O/c1-6-12-24-19-17(11-13-25(19)21(3,4)5)14-22-20(24)23-18(26)16-9-7-15(2)8-10-16/h7-11,13-14,20H,6,12H2,1-5H3,(H,23,26). The summed E-state index contributed by atoms with van der Waals surface area (Å²) >= 11 is 0. The lowest BCUT2D eigenvalue weighted by Gasteiger charge is -2.37. The van der Waals surface area contributed by atoms with Crippen molar-refractivity contribution in [3.63, 3.8) is 0 Å². The minimum Gasteiger partial charge on any atom is -0.329 e. The van der Waals surface area contributed by atoms with Crippen LogP contribution >= 0.6 is 0 Å². The van der Waals surface area contributed by atoms with Crippen LogP contribution in [0.1, 0.15) is 55.6 Å². The quantitative estimate of drug-likeness (QED) is 0.907. The fourth-order valence-electron chi connectivity index (χ4n) is 3.22. The first kappa shape index (κ1) is 18.2. The van der Waals surface area contributed by atoms with Crippen molar-refractivity contribution in [3.05, 3.63) is 53.2 Å². The molecule has 1 atom stereocenters. The van der Waals surface area contributed by atoms with E-state index in [2.05, 4.69) is 59.7 Å². The van der Waals surface area contributed by atoms with Crippen molar-refractivity contribution in [2.24, 2.45) is 4.99 Å². The third-order valence-corrected chi connectivity index (χ3v) is 4.57. The van der Waals surface area contributed by atoms with Gasteiger partial charge in [-0.25, -0.2) is 4.99 Å². The monoisotopic (exact) mass is 352 g/mol. The molecule has 0 bridgehead atoms. The Kier molecular flexibility index (Phi) is 4.90. The zero-order chi connectivity index (χ0) is 18.9. The smallest absolute Gasteiger partial charge is 0.254 e. The predicted molar refractivity (Wildman–Crippen MR) is 107 cm³/mol. The van der Waals surface area contributed by atoms with Gasteiger partial charge in [0.25, 0.3) is 5.91 Å². The Morgan fingerprint density at radius 1 is 1.19 bits per heavy atom. The van der Waals surface area contributed by atoms with Crippen molar-refractivity contribution in [2.45, 2.75) is 52.9 Å². The number of anilines is 1. The van der Waals surface area contributed by atoms with Crippen LogP contribution in [0.2, 0.25) is 0 Å². The zero-order valence-electron chi connectivity index (χ0n) is 16.3. The van der Waals surface area contributed by atoms with Crippen molar-refractivity contribution >= 4 is 17.9 Å². The summed E-state index contributed by atoms with van der Waals surface area (Å²) in [6, 6.07) is 9.69. The minimum absolute atomic E-state index is 0.0454. The number of hydrogen-bond donors (Lipinski definition) is 1. The number of carbonyl (C=O) groups is 1. The second-order valence-corrected chi connectivity index (χ2v) is 7.82. The number of carbonyl (C=O) groups excluding carboxylic acids is 1. The van der Waals surface area contributed by atoms with E-state index in [-0.39, 0.29) is 11.4 Å². The second kappa shape index (κ2) is 6.98. The molecular weight excluding hydrogens is 324 g/mol. The van der Waals surface area contributed by atoms with Gasteiger partial charge < -0.3 is 14.8 Å². The fraction of sp³-hybridized carbons (Fsp3) is 0.429. The number of nitrogens with one attached hydrogen (secondary N) is 1. The van der Waals surface area contributed by atoms with E-state index in [1.165, 1.54) is 0 Å². The van der Waals surface area contributed by atoms with Crippen LogP contribution in [0.15, 0.2) is 41.5 Å². The van der Waals surface area contributed by atoms with E-state index >= 15 is 0 Å². The van der Waals surface area contributed by atoms with Crippen molar-refractivity contribution in [3.8, 4) is 0 Å². The number of fused-ring (bicyclic) bond motifs is 1. The first-order valence-corrected chi connectivity index (χ1v) is 9.20. The molecule has 5 heteroatoms. The predicted octanol–water partition coefficient (Wildman–Crippen LogP) is 3.91. The van der Waals surface area contributed by atoms with E-state index in [9.17, 15) is 4.79 Å². The third-order valence-electron chi connectivity index (χ3n) is 4.57. The van der Waals surface area contributed by atoms with E-state index in [1.807, 2.05) is 37.4 Å². The maximum atomic E-state index is 12.7. The summed E-state index contributed by atoms with van der Waals surface area (Å²) in [5.74, 6) is 1.01. The Balaban J connectivity index is 1.90. The van der Waals surface area contributed by atoms with Crippen LogP contribution in [0, 0.1) is 6.92 Å². The van der Waals surface area contributed by atoms with Crippen LogP contribution in [0.4, 0.5) is 5.82 Å². The minimum atomic E-state index is -0.396. The summed E-state index contributed by atoms with van der Waals surface area (Å²) in [6.07, 6.45) is 4.54. The number of aromatic nitrogens is 1. The highest BCUT2D eigenvalue weighted by molar-refractivity contribution is 5.95. The molecule has 0 radical (unpaired) electrons. The molecule has 1 aliphatic rings. The molecule has 1 aromatic carbocycles. The number of aryl methyl sites for hydroxylation is 1. The molecule has 1 N–H and O–H groups in total. The summed E-state index contributed by atoms with van der Waals surface area (Å²) in [4.78, 5) is 19.5. The molecule has 0 spiro atoms. The first-order valence-electron chi connectivity index (χ1n) is 9.20. The Morgan fingerprint density at radius 3 is 2.50 bits per heavy atom. The van der Waals surface area contributed by atoms with Gasteiger partial charge in [0, 0.05) is 35.6 Å². The number of benzene rings is 1. The van der Waals surface area contributed by atoms with E-state index in [0.29, 0.717) is 5.56 Å². The molecule has 1 aromatic heterocycles. The molecule has 3 rings (SSSR count). The van der Waals surface area contributed by atoms with Crippen LogP contribution < -0.4 is 10.2 Å². The molecule has 26 heavy (non-hydrogen) atoms. The molecular formula is C21H28N4O. The molecule has 0 saturated carbocycles. The largest absolute Gasteiger partial charge is 0.329 e. The number of hydrogen-bond acceptors (Lipinski definition) is 3. The Bertz CT molecular complexity index is 812. The summed E-state index contributed by atoms with van der Waals surface area (Å²) in [5, 5.41) is 3.07. The van der Waals surface area contributed by atoms with Gasteiger partial charge in [0.1, 0.15) is 5.82 Å². The number of amides is 1. The van der Waals surface area contributed by atoms with E-state index in [1.54, 1.807) is 0 Å². The number of nitrogens with zero attached hydrogens (tertiary/aromatic N) is 3. The lowest BCUT2D eigenvalue weighted by Crippen LogP contribution is -2.50. The average Bonchev–Trinajstić information content (AvgIpc) is 3.02. The van der Waals surface area contributed by atoms with E-state index < -0.39 is 6.29 Å². The second-order valence-electron chi connectivity index (χ2n) is 7.82. The molecule has 1 unspecified atom stereocenters. The van der Waals surface area contributed by atoms with Gasteiger partial charge in [-0.3, -0.25) is 4.79 Å². The summed E-state index contributed by atoms with van der Waals surface area (Å²) in [5.41, 5.74) is 2.84. The van der Waals surface area contributed by atoms with Gasteiger partial charge in [-0.1, -0.05) is 24.6 Å². The molecule has 0 aliphatic carbocycles. The van der Waals surface area contributed by atoms with E-state index in [4.69, 9.17) is 0 Å². The molecule has 138 valence electrons. The fourth-order valence-corrected chi connectivity index (χ4v) is 3.22. The van der Waals surface area contributed by atoms with E-state index in [0.717, 1.165) is 29.9 Å². The van der Waals surface area contributed by atoms with Crippen molar-refractivity contribution < 1.29 is 4.79 Å². The Labute approximate surface area is 155 Å². The zero-order valence-corrected chi connectivity index (χ0v) is 16.3. The average molecular weight is 352 g/mol. The summed E-state index contributed by atoms with van der Waals surface area (Å²) in [7, 11) is 0. The number of rotatable bonds is 4. The number of aliphatic imine (C=N–C) groups is 1. The first-order chi connectivity index (χ1) is 12.3. The maximum Gasteiger partial charge on any atom is 0.254 e. The Morgan fingerprint density at radius 2 is 1.88 bits per heavy atom. The molecule has 1 aliphatic heterocycles. The van der Waals surface area contributed by atoms with Crippen LogP contribution in [-0.2, 0) is 5.54 Å². The summed E-state index contributed by atoms with van der Waals surface area (Å²) in [6.45, 7) is 11.5. The van der Waals surface area contributed by atoms with Gasteiger partial charge in [0.05, 0.1) is 0 Å². The van der Waals surface area contributed by atoms with Gasteiger partial charge in [-0.05, 0) is 52.3 Å². The van der Waals surface area contributed by atoms with Crippen LogP contribution in [0.3, 0.4) is 0 Å². The van der Waals surface area contributed by atoms with Crippen molar-refractivity contribution in [1.82, 2.24) is 9.88 Å². The van der Waals surface area contributed by atoms with Crippen LogP contribution in [0.25, 0.3) is 0 Å². The summed E-state index contributed by atoms with van der Waals surface area (Å²) < 4.78 is 2.26. The molecule has 2 aromatic rings. The molecule has 2 heterocycles. The van der Waals surface area contributed by atoms with Gasteiger partial charge in [0.15, 0.2) is 6.29 Å². The molecule has 0 fully saturated rings. The highest BCUT2D eigenvalue weighted by Crippen LogP contribution is 2.32. The van der Waals surface area contributed by atoms with Crippen molar-refractivity contribution in [1.29, 1.82) is 0 Å². The molecule has 0 saturated heterocycles. The topological polar surface area (TPSA) is 49.6 Å². The van der Waals surface area contributed by atoms with Crippen LogP contribution in [0.5, 0.6) is 0 Å². The Hall–Kier alpha value is -2.56. The lowest BCUT2D eigenvalue weighted by molar-refractivity contribution is 0.0937. The van der Waals surface area contributed by atoms with Gasteiger partial charge in [0.2, 0.25) is 0 Å². The SMILES string of the molecule is CCCN1c2c(ccn2C(C)(C)C)C=NC1NC(=O)c1ccc(C)cc1. The van der Waals surface area contributed by atoms with Crippen molar-refractivity contribution in [2.75, 3.05) is 11.4 Å². The lowest BCUT2D eigenvalue weighted by atomic mass is 10.1. The van der Waals surface area contributed by atoms with Gasteiger partial charge in [-0.15, -0.1) is 0 Å². The molecule has 1 amide bonds. The normalized spacial score (nSPS) is 16.5. The molecule has 5 nitrogen and oxygen atoms in total.